The zero-order valence-corrected chi connectivity index (χ0v) is 14.0. The molecule has 0 spiro atoms. The molecular weight excluding hydrogens is 314 g/mol. The van der Waals surface area contributed by atoms with Crippen molar-refractivity contribution in [1.29, 1.82) is 0 Å². The maximum atomic E-state index is 10.9. The first-order valence-electron chi connectivity index (χ1n) is 4.26. The first-order valence-corrected chi connectivity index (χ1v) is 7.29. The van der Waals surface area contributed by atoms with E-state index < -0.39 is 22.0 Å². The molecule has 0 aliphatic carbocycles. The molecule has 0 amide bonds. The summed E-state index contributed by atoms with van der Waals surface area (Å²) in [4.78, 5) is 2.32. The Kier molecular flexibility index (Phi) is 5.47. The van der Waals surface area contributed by atoms with Crippen molar-refractivity contribution >= 4 is 34.6 Å². The standard InChI is InChI=1S/C10H10O2S3.Zn/c11-15(12)8-3-4-9(13)10(7-8)14-5-1-2-6-14;/h1-7,13-14H,(H,11,12);. The van der Waals surface area contributed by atoms with Crippen molar-refractivity contribution in [2.75, 3.05) is 0 Å². The molecular formula is C10H10O2S3Zn. The second kappa shape index (κ2) is 6.17. The van der Waals surface area contributed by atoms with Crippen molar-refractivity contribution in [2.45, 2.75) is 14.7 Å². The summed E-state index contributed by atoms with van der Waals surface area (Å²) in [7, 11) is -0.485. The third kappa shape index (κ3) is 3.08. The molecule has 1 atom stereocenters. The van der Waals surface area contributed by atoms with Crippen LogP contribution in [0.3, 0.4) is 0 Å². The quantitative estimate of drug-likeness (QED) is 0.445. The van der Waals surface area contributed by atoms with Crippen molar-refractivity contribution in [3.8, 4) is 0 Å². The summed E-state index contributed by atoms with van der Waals surface area (Å²) in [6.07, 6.45) is 3.98. The molecule has 0 bridgehead atoms. The third-order valence-electron chi connectivity index (χ3n) is 2.03. The van der Waals surface area contributed by atoms with Crippen molar-refractivity contribution in [3.05, 3.63) is 41.2 Å². The van der Waals surface area contributed by atoms with Crippen LogP contribution in [0.1, 0.15) is 0 Å². The van der Waals surface area contributed by atoms with Crippen molar-refractivity contribution in [1.82, 2.24) is 0 Å². The Morgan fingerprint density at radius 2 is 1.88 bits per heavy atom. The van der Waals surface area contributed by atoms with E-state index in [4.69, 9.17) is 4.55 Å². The molecule has 1 N–H and O–H groups in total. The smallest absolute Gasteiger partial charge is 0.186 e. The van der Waals surface area contributed by atoms with E-state index in [1.807, 2.05) is 12.2 Å². The predicted molar refractivity (Wildman–Crippen MR) is 68.3 cm³/mol. The summed E-state index contributed by atoms with van der Waals surface area (Å²) in [6, 6.07) is 5.15. The van der Waals surface area contributed by atoms with Gasteiger partial charge in [-0.15, -0.1) is 12.6 Å². The van der Waals surface area contributed by atoms with E-state index in [0.717, 1.165) is 9.79 Å². The van der Waals surface area contributed by atoms with Gasteiger partial charge >= 0.3 is 0 Å². The molecule has 2 nitrogen and oxygen atoms in total. The van der Waals surface area contributed by atoms with Gasteiger partial charge in [-0.3, -0.25) is 0 Å². The second-order valence-corrected chi connectivity index (χ2v) is 6.33. The van der Waals surface area contributed by atoms with Gasteiger partial charge in [-0.25, -0.2) is 4.21 Å². The monoisotopic (exact) mass is 322 g/mol. The van der Waals surface area contributed by atoms with Crippen LogP contribution in [0.2, 0.25) is 0 Å². The summed E-state index contributed by atoms with van der Waals surface area (Å²) >= 11 is 2.44. The van der Waals surface area contributed by atoms with Crippen LogP contribution in [0.15, 0.2) is 55.9 Å². The number of allylic oxidation sites excluding steroid dienone is 2. The van der Waals surface area contributed by atoms with Gasteiger partial charge in [0.1, 0.15) is 0 Å². The van der Waals surface area contributed by atoms with E-state index in [0.29, 0.717) is 4.90 Å². The fourth-order valence-electron chi connectivity index (χ4n) is 1.31. The minimum Gasteiger partial charge on any atom is -0.302 e. The van der Waals surface area contributed by atoms with E-state index in [1.54, 1.807) is 18.2 Å². The Hall–Kier alpha value is 0.133. The van der Waals surface area contributed by atoms with Crippen LogP contribution in [-0.4, -0.2) is 8.76 Å². The molecule has 16 heavy (non-hydrogen) atoms. The Bertz CT molecular complexity index is 459. The Morgan fingerprint density at radius 1 is 1.25 bits per heavy atom. The van der Waals surface area contributed by atoms with Gasteiger partial charge in [0.25, 0.3) is 0 Å². The fraction of sp³-hybridized carbons (Fsp3) is 0. The number of rotatable bonds is 2. The molecule has 0 aromatic heterocycles. The van der Waals surface area contributed by atoms with Crippen molar-refractivity contribution in [2.24, 2.45) is 0 Å². The van der Waals surface area contributed by atoms with Gasteiger partial charge in [-0.2, -0.15) is 10.9 Å². The maximum absolute atomic E-state index is 10.9. The molecule has 1 unspecified atom stereocenters. The molecule has 1 heterocycles. The molecule has 0 radical (unpaired) electrons. The number of hydrogen-bond acceptors (Lipinski definition) is 2. The molecule has 1 aromatic carbocycles. The van der Waals surface area contributed by atoms with E-state index in [-0.39, 0.29) is 19.5 Å². The van der Waals surface area contributed by atoms with Crippen LogP contribution in [-0.2, 0) is 30.6 Å². The average molecular weight is 324 g/mol. The van der Waals surface area contributed by atoms with E-state index in [9.17, 15) is 4.21 Å². The zero-order chi connectivity index (χ0) is 10.8. The predicted octanol–water partition coefficient (Wildman–Crippen LogP) is 2.95. The van der Waals surface area contributed by atoms with Crippen LogP contribution in [0, 0.1) is 0 Å². The van der Waals surface area contributed by atoms with Gasteiger partial charge in [0.05, 0.1) is 4.90 Å². The summed E-state index contributed by atoms with van der Waals surface area (Å²) in [5.74, 6) is 0. The SMILES string of the molecule is O=S(O)c1ccc(S)c([SH]2C=CC=C2)c1.[Zn]. The first-order chi connectivity index (χ1) is 7.18. The van der Waals surface area contributed by atoms with Crippen molar-refractivity contribution < 1.29 is 28.2 Å². The van der Waals surface area contributed by atoms with Gasteiger partial charge in [0, 0.05) is 29.3 Å². The van der Waals surface area contributed by atoms with Crippen LogP contribution < -0.4 is 0 Å². The Morgan fingerprint density at radius 3 is 2.44 bits per heavy atom. The number of benzene rings is 1. The summed E-state index contributed by atoms with van der Waals surface area (Å²) in [6.45, 7) is 0. The van der Waals surface area contributed by atoms with E-state index in [2.05, 4.69) is 23.4 Å². The van der Waals surface area contributed by atoms with Gasteiger partial charge in [0.15, 0.2) is 11.1 Å². The first kappa shape index (κ1) is 14.2. The molecule has 1 aliphatic rings. The topological polar surface area (TPSA) is 37.3 Å². The van der Waals surface area contributed by atoms with Crippen LogP contribution in [0.4, 0.5) is 0 Å². The molecule has 1 aliphatic heterocycles. The molecule has 82 valence electrons. The number of thiol groups is 2. The molecule has 0 fully saturated rings. The minimum atomic E-state index is -1.92. The van der Waals surface area contributed by atoms with Crippen molar-refractivity contribution in [3.63, 3.8) is 0 Å². The normalized spacial score (nSPS) is 17.2. The van der Waals surface area contributed by atoms with Gasteiger partial charge in [0.2, 0.25) is 0 Å². The molecule has 2 rings (SSSR count). The van der Waals surface area contributed by atoms with Gasteiger partial charge < -0.3 is 4.55 Å². The Labute approximate surface area is 118 Å². The molecule has 0 saturated carbocycles. The summed E-state index contributed by atoms with van der Waals surface area (Å²) < 4.78 is 19.9. The van der Waals surface area contributed by atoms with Gasteiger partial charge in [-0.1, -0.05) is 12.2 Å². The van der Waals surface area contributed by atoms with Crippen LogP contribution in [0.5, 0.6) is 0 Å². The third-order valence-corrected chi connectivity index (χ3v) is 5.17. The minimum absolute atomic E-state index is 0. The van der Waals surface area contributed by atoms with E-state index >= 15 is 0 Å². The largest absolute Gasteiger partial charge is 0.302 e. The van der Waals surface area contributed by atoms with Crippen LogP contribution in [0.25, 0.3) is 0 Å². The summed E-state index contributed by atoms with van der Waals surface area (Å²) in [5.41, 5.74) is 0. The Balaban J connectivity index is 0.00000128. The molecule has 0 saturated heterocycles. The summed E-state index contributed by atoms with van der Waals surface area (Å²) in [5, 5.41) is 4.18. The van der Waals surface area contributed by atoms with E-state index in [1.165, 1.54) is 0 Å². The molecule has 6 heteroatoms. The second-order valence-electron chi connectivity index (χ2n) is 2.99. The fourth-order valence-corrected chi connectivity index (χ4v) is 3.91. The zero-order valence-electron chi connectivity index (χ0n) is 8.41. The van der Waals surface area contributed by atoms with Crippen LogP contribution >= 0.6 is 23.5 Å². The van der Waals surface area contributed by atoms with Gasteiger partial charge in [-0.05, 0) is 29.0 Å². The number of hydrogen-bond donors (Lipinski definition) is 3. The maximum Gasteiger partial charge on any atom is 0.186 e. The molecule has 1 aromatic rings. The average Bonchev–Trinajstić information content (AvgIpc) is 2.71.